The number of carbonyl (C=O) groups excluding carboxylic acids is 1. The van der Waals surface area contributed by atoms with Crippen molar-refractivity contribution in [3.05, 3.63) is 35.9 Å². The molecule has 134 valence electrons. The van der Waals surface area contributed by atoms with Crippen LogP contribution in [0.25, 0.3) is 0 Å². The second-order valence-corrected chi connectivity index (χ2v) is 6.19. The standard InChI is InChI=1S/C18H26N2O3.ClH/c21-18(17-14-19-9-13-23-17)20-10-6-16(7-11-20)22-12-8-15-4-2-1-3-5-15;/h1-5,16-17,19H,6-14H2;1H. The number of piperidine rings is 1. The molecular formula is C18H27ClN2O3. The van der Waals surface area contributed by atoms with Crippen LogP contribution in [0.15, 0.2) is 30.3 Å². The van der Waals surface area contributed by atoms with E-state index in [1.54, 1.807) is 0 Å². The minimum atomic E-state index is -0.306. The lowest BCUT2D eigenvalue weighted by Gasteiger charge is -2.35. The van der Waals surface area contributed by atoms with E-state index in [2.05, 4.69) is 29.6 Å². The smallest absolute Gasteiger partial charge is 0.253 e. The van der Waals surface area contributed by atoms with Gasteiger partial charge in [0.05, 0.1) is 19.3 Å². The molecule has 1 N–H and O–H groups in total. The van der Waals surface area contributed by atoms with E-state index in [9.17, 15) is 4.79 Å². The average molecular weight is 355 g/mol. The Morgan fingerprint density at radius 3 is 2.67 bits per heavy atom. The molecule has 2 saturated heterocycles. The molecule has 1 amide bonds. The molecule has 24 heavy (non-hydrogen) atoms. The maximum Gasteiger partial charge on any atom is 0.253 e. The molecule has 3 rings (SSSR count). The summed E-state index contributed by atoms with van der Waals surface area (Å²) >= 11 is 0. The molecule has 0 aromatic heterocycles. The minimum absolute atomic E-state index is 0. The van der Waals surface area contributed by atoms with Crippen molar-refractivity contribution in [1.29, 1.82) is 0 Å². The SMILES string of the molecule is Cl.O=C(C1CNCCO1)N1CCC(OCCc2ccccc2)CC1. The molecule has 1 atom stereocenters. The van der Waals surface area contributed by atoms with Crippen molar-refractivity contribution in [2.24, 2.45) is 0 Å². The number of halogens is 1. The van der Waals surface area contributed by atoms with Crippen molar-refractivity contribution in [3.63, 3.8) is 0 Å². The van der Waals surface area contributed by atoms with E-state index >= 15 is 0 Å². The maximum absolute atomic E-state index is 12.4. The highest BCUT2D eigenvalue weighted by Gasteiger charge is 2.30. The maximum atomic E-state index is 12.4. The molecule has 2 fully saturated rings. The molecular weight excluding hydrogens is 328 g/mol. The third-order valence-electron chi connectivity index (χ3n) is 4.54. The quantitative estimate of drug-likeness (QED) is 0.873. The van der Waals surface area contributed by atoms with Gasteiger partial charge in [-0.15, -0.1) is 12.4 Å². The summed E-state index contributed by atoms with van der Waals surface area (Å²) < 4.78 is 11.5. The van der Waals surface area contributed by atoms with Crippen LogP contribution in [-0.4, -0.2) is 62.4 Å². The zero-order valence-corrected chi connectivity index (χ0v) is 14.8. The summed E-state index contributed by atoms with van der Waals surface area (Å²) in [5, 5.41) is 3.21. The summed E-state index contributed by atoms with van der Waals surface area (Å²) in [4.78, 5) is 14.3. The number of nitrogens with zero attached hydrogens (tertiary/aromatic N) is 1. The lowest BCUT2D eigenvalue weighted by Crippen LogP contribution is -2.51. The largest absolute Gasteiger partial charge is 0.378 e. The van der Waals surface area contributed by atoms with Crippen molar-refractivity contribution in [2.75, 3.05) is 39.4 Å². The van der Waals surface area contributed by atoms with Crippen molar-refractivity contribution in [1.82, 2.24) is 10.2 Å². The molecule has 1 aromatic rings. The van der Waals surface area contributed by atoms with E-state index in [0.717, 1.165) is 45.5 Å². The number of ether oxygens (including phenoxy) is 2. The molecule has 5 nitrogen and oxygen atoms in total. The predicted molar refractivity (Wildman–Crippen MR) is 95.6 cm³/mol. The van der Waals surface area contributed by atoms with Gasteiger partial charge in [-0.3, -0.25) is 4.79 Å². The van der Waals surface area contributed by atoms with E-state index in [1.165, 1.54) is 5.56 Å². The van der Waals surface area contributed by atoms with Crippen LogP contribution in [0.3, 0.4) is 0 Å². The first kappa shape index (κ1) is 19.2. The van der Waals surface area contributed by atoms with Crippen molar-refractivity contribution in [3.8, 4) is 0 Å². The predicted octanol–water partition coefficient (Wildman–Crippen LogP) is 1.65. The number of carbonyl (C=O) groups is 1. The van der Waals surface area contributed by atoms with Gasteiger partial charge in [0.1, 0.15) is 6.10 Å². The fraction of sp³-hybridized carbons (Fsp3) is 0.611. The molecule has 0 aliphatic carbocycles. The van der Waals surface area contributed by atoms with Crippen LogP contribution in [0.4, 0.5) is 0 Å². The summed E-state index contributed by atoms with van der Waals surface area (Å²) in [5.41, 5.74) is 1.31. The molecule has 0 spiro atoms. The summed E-state index contributed by atoms with van der Waals surface area (Å²) in [6.45, 7) is 4.38. The van der Waals surface area contributed by atoms with Crippen LogP contribution >= 0.6 is 12.4 Å². The first-order valence-corrected chi connectivity index (χ1v) is 8.59. The highest BCUT2D eigenvalue weighted by Crippen LogP contribution is 2.16. The van der Waals surface area contributed by atoms with E-state index in [0.29, 0.717) is 13.2 Å². The summed E-state index contributed by atoms with van der Waals surface area (Å²) in [6.07, 6.45) is 2.75. The van der Waals surface area contributed by atoms with Crippen molar-refractivity contribution >= 4 is 18.3 Å². The van der Waals surface area contributed by atoms with E-state index in [-0.39, 0.29) is 30.5 Å². The highest BCUT2D eigenvalue weighted by molar-refractivity contribution is 5.85. The molecule has 6 heteroatoms. The number of hydrogen-bond donors (Lipinski definition) is 1. The molecule has 2 heterocycles. The lowest BCUT2D eigenvalue weighted by molar-refractivity contribution is -0.147. The molecule has 2 aliphatic heterocycles. The number of amides is 1. The zero-order chi connectivity index (χ0) is 15.9. The Labute approximate surface area is 150 Å². The Hall–Kier alpha value is -1.14. The third-order valence-corrected chi connectivity index (χ3v) is 4.54. The molecule has 1 unspecified atom stereocenters. The van der Waals surface area contributed by atoms with Gasteiger partial charge in [0.15, 0.2) is 0 Å². The number of hydrogen-bond acceptors (Lipinski definition) is 4. The molecule has 1 aromatic carbocycles. The topological polar surface area (TPSA) is 50.8 Å². The van der Waals surface area contributed by atoms with Gasteiger partial charge in [-0.1, -0.05) is 30.3 Å². The van der Waals surface area contributed by atoms with Gasteiger partial charge >= 0.3 is 0 Å². The molecule has 2 aliphatic rings. The molecule has 0 saturated carbocycles. The third kappa shape index (κ3) is 5.45. The Morgan fingerprint density at radius 2 is 2.00 bits per heavy atom. The fourth-order valence-corrected chi connectivity index (χ4v) is 3.16. The normalized spacial score (nSPS) is 22.0. The van der Waals surface area contributed by atoms with Gasteiger partial charge in [0, 0.05) is 26.2 Å². The van der Waals surface area contributed by atoms with E-state index < -0.39 is 0 Å². The van der Waals surface area contributed by atoms with Crippen LogP contribution in [-0.2, 0) is 20.7 Å². The number of rotatable bonds is 5. The Balaban J connectivity index is 0.00000208. The van der Waals surface area contributed by atoms with Gasteiger partial charge in [-0.2, -0.15) is 0 Å². The summed E-state index contributed by atoms with van der Waals surface area (Å²) in [6, 6.07) is 10.4. The van der Waals surface area contributed by atoms with Gasteiger partial charge < -0.3 is 19.7 Å². The van der Waals surface area contributed by atoms with Gasteiger partial charge in [-0.05, 0) is 24.8 Å². The highest BCUT2D eigenvalue weighted by atomic mass is 35.5. The minimum Gasteiger partial charge on any atom is -0.378 e. The van der Waals surface area contributed by atoms with Crippen LogP contribution in [0.5, 0.6) is 0 Å². The number of morpholine rings is 1. The average Bonchev–Trinajstić information content (AvgIpc) is 2.63. The van der Waals surface area contributed by atoms with E-state index in [1.807, 2.05) is 11.0 Å². The zero-order valence-electron chi connectivity index (χ0n) is 14.0. The number of likely N-dealkylation sites (tertiary alicyclic amines) is 1. The van der Waals surface area contributed by atoms with Crippen LogP contribution in [0, 0.1) is 0 Å². The summed E-state index contributed by atoms with van der Waals surface area (Å²) in [7, 11) is 0. The van der Waals surface area contributed by atoms with Crippen molar-refractivity contribution < 1.29 is 14.3 Å². The van der Waals surface area contributed by atoms with Gasteiger partial charge in [0.25, 0.3) is 5.91 Å². The second kappa shape index (κ2) is 9.99. The molecule has 0 radical (unpaired) electrons. The Bertz CT molecular complexity index is 486. The van der Waals surface area contributed by atoms with Crippen molar-refractivity contribution in [2.45, 2.75) is 31.5 Å². The van der Waals surface area contributed by atoms with Gasteiger partial charge in [-0.25, -0.2) is 0 Å². The van der Waals surface area contributed by atoms with Crippen LogP contribution in [0.2, 0.25) is 0 Å². The number of nitrogens with one attached hydrogen (secondary N) is 1. The first-order chi connectivity index (χ1) is 11.3. The van der Waals surface area contributed by atoms with Crippen LogP contribution in [0.1, 0.15) is 18.4 Å². The Morgan fingerprint density at radius 1 is 1.25 bits per heavy atom. The van der Waals surface area contributed by atoms with E-state index in [4.69, 9.17) is 9.47 Å². The fourth-order valence-electron chi connectivity index (χ4n) is 3.16. The first-order valence-electron chi connectivity index (χ1n) is 8.59. The van der Waals surface area contributed by atoms with Gasteiger partial charge in [0.2, 0.25) is 0 Å². The van der Waals surface area contributed by atoms with Crippen LogP contribution < -0.4 is 5.32 Å². The Kier molecular flexibility index (Phi) is 7.99. The lowest BCUT2D eigenvalue weighted by atomic mass is 10.1. The monoisotopic (exact) mass is 354 g/mol. The second-order valence-electron chi connectivity index (χ2n) is 6.19. The number of benzene rings is 1. The summed E-state index contributed by atoms with van der Waals surface area (Å²) in [5.74, 6) is 0.125. The molecule has 0 bridgehead atoms.